The lowest BCUT2D eigenvalue weighted by atomic mass is 9.78. The molecule has 0 fully saturated rings. The summed E-state index contributed by atoms with van der Waals surface area (Å²) in [6.45, 7) is 9.91. The van der Waals surface area contributed by atoms with Crippen LogP contribution in [0, 0.1) is 5.92 Å². The van der Waals surface area contributed by atoms with Crippen LogP contribution in [0.5, 0.6) is 0 Å². The molecule has 4 heteroatoms. The number of ether oxygens (including phenoxy) is 1. The smallest absolute Gasteiger partial charge is 0.324 e. The quantitative estimate of drug-likeness (QED) is 0.773. The highest BCUT2D eigenvalue weighted by atomic mass is 16.6. The van der Waals surface area contributed by atoms with Crippen LogP contribution >= 0.6 is 0 Å². The summed E-state index contributed by atoms with van der Waals surface area (Å²) in [6, 6.07) is 7.47. The highest BCUT2D eigenvalue weighted by molar-refractivity contribution is 5.85. The van der Waals surface area contributed by atoms with Crippen LogP contribution in [-0.4, -0.2) is 22.6 Å². The maximum atomic E-state index is 12.6. The van der Waals surface area contributed by atoms with Gasteiger partial charge in [0.2, 0.25) is 0 Å². The van der Waals surface area contributed by atoms with Crippen LogP contribution < -0.4 is 5.73 Å². The maximum Gasteiger partial charge on any atom is 0.324 e. The van der Waals surface area contributed by atoms with E-state index < -0.39 is 11.6 Å². The zero-order chi connectivity index (χ0) is 17.9. The Morgan fingerprint density at radius 1 is 1.21 bits per heavy atom. The van der Waals surface area contributed by atoms with Gasteiger partial charge < -0.3 is 15.5 Å². The minimum Gasteiger partial charge on any atom is -0.459 e. The van der Waals surface area contributed by atoms with Gasteiger partial charge in [-0.05, 0) is 38.3 Å². The average molecular weight is 330 g/mol. The Hall–Kier alpha value is -1.81. The molecule has 1 aromatic heterocycles. The SMILES string of the molecule is CCC(CC)[C@@H](c1c[nH]c2ccccc12)[C@@H](N)C(=O)OC(C)(C)C. The Morgan fingerprint density at radius 3 is 2.42 bits per heavy atom. The molecule has 4 nitrogen and oxygen atoms in total. The number of carbonyl (C=O) groups is 1. The number of para-hydroxylation sites is 1. The van der Waals surface area contributed by atoms with Crippen molar-refractivity contribution in [2.75, 3.05) is 0 Å². The number of aromatic amines is 1. The van der Waals surface area contributed by atoms with Gasteiger partial charge in [-0.2, -0.15) is 0 Å². The number of aromatic nitrogens is 1. The van der Waals surface area contributed by atoms with Gasteiger partial charge in [-0.15, -0.1) is 0 Å². The number of fused-ring (bicyclic) bond motifs is 1. The van der Waals surface area contributed by atoms with E-state index in [-0.39, 0.29) is 11.9 Å². The number of benzene rings is 1. The van der Waals surface area contributed by atoms with Crippen LogP contribution in [0.15, 0.2) is 30.5 Å². The molecule has 24 heavy (non-hydrogen) atoms. The lowest BCUT2D eigenvalue weighted by Gasteiger charge is -2.31. The number of nitrogens with two attached hydrogens (primary N) is 1. The summed E-state index contributed by atoms with van der Waals surface area (Å²) in [5, 5.41) is 1.13. The van der Waals surface area contributed by atoms with Gasteiger partial charge >= 0.3 is 5.97 Å². The maximum absolute atomic E-state index is 12.6. The van der Waals surface area contributed by atoms with E-state index >= 15 is 0 Å². The molecule has 2 aromatic rings. The first kappa shape index (κ1) is 18.5. The summed E-state index contributed by atoms with van der Waals surface area (Å²) < 4.78 is 5.56. The standard InChI is InChI=1S/C20H30N2O2/c1-6-13(7-2)17(18(21)19(23)24-20(3,4)5)15-12-22-16-11-9-8-10-14(15)16/h8-13,17-18,22H,6-7,21H2,1-5H3/t17-,18+/m0/s1. The highest BCUT2D eigenvalue weighted by Gasteiger charge is 2.35. The average Bonchev–Trinajstić information content (AvgIpc) is 2.94. The topological polar surface area (TPSA) is 68.1 Å². The van der Waals surface area contributed by atoms with Crippen molar-refractivity contribution in [2.45, 2.75) is 65.0 Å². The Kier molecular flexibility index (Phi) is 5.70. The molecular weight excluding hydrogens is 300 g/mol. The Labute approximate surface area is 144 Å². The summed E-state index contributed by atoms with van der Waals surface area (Å²) in [7, 11) is 0. The second kappa shape index (κ2) is 7.39. The van der Waals surface area contributed by atoms with Crippen LogP contribution in [-0.2, 0) is 9.53 Å². The van der Waals surface area contributed by atoms with E-state index in [0.717, 1.165) is 29.3 Å². The molecule has 0 saturated carbocycles. The summed E-state index contributed by atoms with van der Waals surface area (Å²) in [5.41, 5.74) is 8.06. The van der Waals surface area contributed by atoms with Crippen molar-refractivity contribution in [1.29, 1.82) is 0 Å². The van der Waals surface area contributed by atoms with Crippen LogP contribution in [0.2, 0.25) is 0 Å². The van der Waals surface area contributed by atoms with Gasteiger partial charge in [0, 0.05) is 23.0 Å². The molecule has 0 aliphatic heterocycles. The molecule has 0 amide bonds. The fraction of sp³-hybridized carbons (Fsp3) is 0.550. The van der Waals surface area contributed by atoms with Gasteiger partial charge in [-0.3, -0.25) is 4.79 Å². The zero-order valence-corrected chi connectivity index (χ0v) is 15.4. The van der Waals surface area contributed by atoms with Crippen molar-refractivity contribution in [3.05, 3.63) is 36.0 Å². The Bertz CT molecular complexity index is 680. The normalized spacial score (nSPS) is 14.8. The second-order valence-electron chi connectivity index (χ2n) is 7.45. The second-order valence-corrected chi connectivity index (χ2v) is 7.45. The van der Waals surface area contributed by atoms with Gasteiger partial charge in [0.05, 0.1) is 0 Å². The fourth-order valence-corrected chi connectivity index (χ4v) is 3.42. The molecule has 1 aromatic carbocycles. The van der Waals surface area contributed by atoms with Gasteiger partial charge in [-0.1, -0.05) is 44.9 Å². The number of nitrogens with one attached hydrogen (secondary N) is 1. The molecule has 132 valence electrons. The van der Waals surface area contributed by atoms with Crippen LogP contribution in [0.3, 0.4) is 0 Å². The van der Waals surface area contributed by atoms with Crippen molar-refractivity contribution in [2.24, 2.45) is 11.7 Å². The van der Waals surface area contributed by atoms with Crippen molar-refractivity contribution >= 4 is 16.9 Å². The van der Waals surface area contributed by atoms with Crippen molar-refractivity contribution in [3.8, 4) is 0 Å². The molecule has 0 aliphatic carbocycles. The van der Waals surface area contributed by atoms with E-state index in [9.17, 15) is 4.79 Å². The van der Waals surface area contributed by atoms with Gasteiger partial charge in [0.1, 0.15) is 11.6 Å². The van der Waals surface area contributed by atoms with Crippen molar-refractivity contribution in [3.63, 3.8) is 0 Å². The summed E-state index contributed by atoms with van der Waals surface area (Å²) >= 11 is 0. The molecule has 0 radical (unpaired) electrons. The van der Waals surface area contributed by atoms with Crippen LogP contribution in [0.1, 0.15) is 58.9 Å². The minimum absolute atomic E-state index is 0.0639. The molecule has 2 rings (SSSR count). The third-order valence-corrected chi connectivity index (χ3v) is 4.60. The minimum atomic E-state index is -0.673. The molecular formula is C20H30N2O2. The van der Waals surface area contributed by atoms with E-state index in [4.69, 9.17) is 10.5 Å². The third-order valence-electron chi connectivity index (χ3n) is 4.60. The predicted molar refractivity (Wildman–Crippen MR) is 98.9 cm³/mol. The Morgan fingerprint density at radius 2 is 1.83 bits per heavy atom. The highest BCUT2D eigenvalue weighted by Crippen LogP contribution is 2.36. The molecule has 0 bridgehead atoms. The molecule has 0 saturated heterocycles. The predicted octanol–water partition coefficient (Wildman–Crippen LogP) is 4.36. The zero-order valence-electron chi connectivity index (χ0n) is 15.4. The van der Waals surface area contributed by atoms with E-state index in [1.807, 2.05) is 45.2 Å². The number of hydrogen-bond donors (Lipinski definition) is 2. The molecule has 0 unspecified atom stereocenters. The van der Waals surface area contributed by atoms with Gasteiger partial charge in [0.15, 0.2) is 0 Å². The largest absolute Gasteiger partial charge is 0.459 e. The van der Waals surface area contributed by atoms with Crippen LogP contribution in [0.25, 0.3) is 10.9 Å². The van der Waals surface area contributed by atoms with E-state index in [1.54, 1.807) is 0 Å². The Balaban J connectivity index is 2.43. The number of H-pyrrole nitrogens is 1. The van der Waals surface area contributed by atoms with E-state index in [0.29, 0.717) is 5.92 Å². The third kappa shape index (κ3) is 3.99. The van der Waals surface area contributed by atoms with Gasteiger partial charge in [-0.25, -0.2) is 0 Å². The summed E-state index contributed by atoms with van der Waals surface area (Å²) in [6.07, 6.45) is 3.94. The molecule has 0 aliphatic rings. The van der Waals surface area contributed by atoms with Crippen LogP contribution in [0.4, 0.5) is 0 Å². The lowest BCUT2D eigenvalue weighted by Crippen LogP contribution is -2.43. The monoisotopic (exact) mass is 330 g/mol. The van der Waals surface area contributed by atoms with Crippen molar-refractivity contribution < 1.29 is 9.53 Å². The fourth-order valence-electron chi connectivity index (χ4n) is 3.42. The van der Waals surface area contributed by atoms with E-state index in [1.165, 1.54) is 0 Å². The first-order valence-electron chi connectivity index (χ1n) is 8.83. The first-order valence-corrected chi connectivity index (χ1v) is 8.83. The van der Waals surface area contributed by atoms with Gasteiger partial charge in [0.25, 0.3) is 0 Å². The number of carbonyl (C=O) groups excluding carboxylic acids is 1. The number of rotatable bonds is 6. The number of esters is 1. The summed E-state index contributed by atoms with van der Waals surface area (Å²) in [5.74, 6) is -0.0672. The molecule has 1 heterocycles. The molecule has 3 N–H and O–H groups in total. The molecule has 2 atom stereocenters. The number of hydrogen-bond acceptors (Lipinski definition) is 3. The first-order chi connectivity index (χ1) is 11.3. The summed E-state index contributed by atoms with van der Waals surface area (Å²) in [4.78, 5) is 15.9. The molecule has 0 spiro atoms. The van der Waals surface area contributed by atoms with Crippen molar-refractivity contribution in [1.82, 2.24) is 4.98 Å². The lowest BCUT2D eigenvalue weighted by molar-refractivity contribution is -0.157. The van der Waals surface area contributed by atoms with E-state index in [2.05, 4.69) is 24.9 Å².